The van der Waals surface area contributed by atoms with Crippen molar-refractivity contribution in [3.63, 3.8) is 0 Å². The van der Waals surface area contributed by atoms with Crippen molar-refractivity contribution in [3.05, 3.63) is 52.8 Å². The first kappa shape index (κ1) is 19.4. The van der Waals surface area contributed by atoms with Gasteiger partial charge < -0.3 is 15.1 Å². The van der Waals surface area contributed by atoms with E-state index >= 15 is 0 Å². The average Bonchev–Trinajstić information content (AvgIpc) is 3.26. The van der Waals surface area contributed by atoms with E-state index in [0.717, 1.165) is 5.52 Å². The number of aromatic nitrogens is 2. The molecule has 0 radical (unpaired) electrons. The molecule has 3 aromatic rings. The van der Waals surface area contributed by atoms with Gasteiger partial charge in [0, 0.05) is 26.3 Å². The monoisotopic (exact) mass is 385 g/mol. The largest absolute Gasteiger partial charge is 0.468 e. The first-order valence-corrected chi connectivity index (χ1v) is 8.74. The molecule has 0 saturated heterocycles. The van der Waals surface area contributed by atoms with E-state index in [1.54, 1.807) is 44.6 Å². The molecule has 28 heavy (non-hydrogen) atoms. The van der Waals surface area contributed by atoms with Gasteiger partial charge in [0.25, 0.3) is 0 Å². The molecule has 148 valence electrons. The van der Waals surface area contributed by atoms with E-state index in [2.05, 4.69) is 10.6 Å². The first-order chi connectivity index (χ1) is 13.3. The molecular weight excluding hydrogens is 362 g/mol. The zero-order chi connectivity index (χ0) is 20.4. The third kappa shape index (κ3) is 3.70. The summed E-state index contributed by atoms with van der Waals surface area (Å²) in [6.07, 6.45) is 1.56. The van der Waals surface area contributed by atoms with Crippen LogP contribution in [0.25, 0.3) is 11.0 Å². The molecule has 0 fully saturated rings. The van der Waals surface area contributed by atoms with Crippen LogP contribution in [0.4, 0.5) is 5.69 Å². The van der Waals surface area contributed by atoms with Crippen molar-refractivity contribution in [2.45, 2.75) is 6.04 Å². The van der Waals surface area contributed by atoms with Crippen molar-refractivity contribution in [1.82, 2.24) is 19.4 Å². The molecular formula is C19H23N5O4. The fraction of sp³-hybridized carbons (Fsp3) is 0.316. The van der Waals surface area contributed by atoms with E-state index in [-0.39, 0.29) is 18.3 Å². The number of hydrogen-bond acceptors (Lipinski definition) is 5. The highest BCUT2D eigenvalue weighted by Crippen LogP contribution is 2.18. The Morgan fingerprint density at radius 1 is 1.11 bits per heavy atom. The Balaban J connectivity index is 1.67. The van der Waals surface area contributed by atoms with Crippen molar-refractivity contribution in [1.29, 1.82) is 0 Å². The van der Waals surface area contributed by atoms with Crippen molar-refractivity contribution in [2.24, 2.45) is 14.1 Å². The summed E-state index contributed by atoms with van der Waals surface area (Å²) in [5.74, 6) is -0.834. The van der Waals surface area contributed by atoms with Gasteiger partial charge in [-0.25, -0.2) is 4.79 Å². The lowest BCUT2D eigenvalue weighted by atomic mass is 10.2. The maximum absolute atomic E-state index is 12.2. The average molecular weight is 385 g/mol. The lowest BCUT2D eigenvalue weighted by Crippen LogP contribution is -2.40. The second kappa shape index (κ2) is 7.73. The summed E-state index contributed by atoms with van der Waals surface area (Å²) < 4.78 is 8.39. The smallest absolute Gasteiger partial charge is 0.328 e. The minimum Gasteiger partial charge on any atom is -0.468 e. The molecule has 9 nitrogen and oxygen atoms in total. The normalized spacial score (nSPS) is 12.3. The van der Waals surface area contributed by atoms with Crippen LogP contribution in [0.2, 0.25) is 0 Å². The van der Waals surface area contributed by atoms with Crippen LogP contribution in [0.5, 0.6) is 0 Å². The summed E-state index contributed by atoms with van der Waals surface area (Å²) in [6, 6.07) is 8.43. The van der Waals surface area contributed by atoms with E-state index < -0.39 is 11.8 Å². The van der Waals surface area contributed by atoms with Gasteiger partial charge in [0.15, 0.2) is 0 Å². The van der Waals surface area contributed by atoms with E-state index in [9.17, 15) is 14.4 Å². The Kier molecular flexibility index (Phi) is 5.36. The highest BCUT2D eigenvalue weighted by molar-refractivity contribution is 6.39. The highest BCUT2D eigenvalue weighted by Gasteiger charge is 2.21. The van der Waals surface area contributed by atoms with E-state index in [1.165, 1.54) is 9.13 Å². The van der Waals surface area contributed by atoms with Gasteiger partial charge in [-0.05, 0) is 44.4 Å². The van der Waals surface area contributed by atoms with Gasteiger partial charge in [0.05, 0.1) is 23.3 Å². The number of nitrogens with one attached hydrogen (secondary N) is 2. The van der Waals surface area contributed by atoms with Gasteiger partial charge in [0.1, 0.15) is 5.76 Å². The Labute approximate surface area is 161 Å². The number of hydrogen-bond donors (Lipinski definition) is 2. The lowest BCUT2D eigenvalue weighted by Gasteiger charge is -2.22. The van der Waals surface area contributed by atoms with Gasteiger partial charge in [-0.15, -0.1) is 0 Å². The minimum atomic E-state index is -0.780. The van der Waals surface area contributed by atoms with Crippen LogP contribution in [-0.4, -0.2) is 46.5 Å². The maximum atomic E-state index is 12.2. The van der Waals surface area contributed by atoms with Crippen molar-refractivity contribution in [2.75, 3.05) is 26.0 Å². The third-order valence-electron chi connectivity index (χ3n) is 4.69. The minimum absolute atomic E-state index is 0.163. The molecule has 2 amide bonds. The summed E-state index contributed by atoms with van der Waals surface area (Å²) in [5, 5.41) is 5.19. The zero-order valence-corrected chi connectivity index (χ0v) is 16.2. The SMILES string of the molecule is CN(C)[C@H](CNC(=O)C(=O)Nc1ccc2c(c1)n(C)c(=O)n2C)c1ccco1. The van der Waals surface area contributed by atoms with Crippen LogP contribution in [0.3, 0.4) is 0 Å². The topological polar surface area (TPSA) is 102 Å². The molecule has 2 heterocycles. The molecule has 2 N–H and O–H groups in total. The molecule has 3 rings (SSSR count). The predicted molar refractivity (Wildman–Crippen MR) is 105 cm³/mol. The van der Waals surface area contributed by atoms with Crippen LogP contribution in [-0.2, 0) is 23.7 Å². The Bertz CT molecular complexity index is 1060. The fourth-order valence-electron chi connectivity index (χ4n) is 3.06. The number of amides is 2. The number of likely N-dealkylation sites (N-methyl/N-ethyl adjacent to an activating group) is 1. The Morgan fingerprint density at radius 2 is 1.82 bits per heavy atom. The number of aryl methyl sites for hydroxylation is 2. The molecule has 0 aliphatic heterocycles. The summed E-state index contributed by atoms with van der Waals surface area (Å²) in [4.78, 5) is 38.3. The number of carbonyl (C=O) groups excluding carboxylic acids is 2. The Morgan fingerprint density at radius 3 is 2.46 bits per heavy atom. The molecule has 0 bridgehead atoms. The standard InChI is InChI=1S/C19H23N5O4/c1-22(2)15(16-6-5-9-28-16)11-20-17(25)18(26)21-12-7-8-13-14(10-12)24(4)19(27)23(13)3/h5-10,15H,11H2,1-4H3,(H,20,25)(H,21,26)/t15-/m1/s1. The molecule has 0 aliphatic carbocycles. The van der Waals surface area contributed by atoms with Crippen LogP contribution in [0, 0.1) is 0 Å². The number of imidazole rings is 1. The van der Waals surface area contributed by atoms with Crippen LogP contribution in [0.15, 0.2) is 45.8 Å². The fourth-order valence-corrected chi connectivity index (χ4v) is 3.06. The molecule has 9 heteroatoms. The molecule has 2 aromatic heterocycles. The molecule has 0 aliphatic rings. The highest BCUT2D eigenvalue weighted by atomic mass is 16.3. The van der Waals surface area contributed by atoms with E-state index in [0.29, 0.717) is 17.0 Å². The molecule has 1 atom stereocenters. The van der Waals surface area contributed by atoms with Crippen molar-refractivity contribution >= 4 is 28.5 Å². The third-order valence-corrected chi connectivity index (χ3v) is 4.69. The van der Waals surface area contributed by atoms with Crippen LogP contribution >= 0.6 is 0 Å². The van der Waals surface area contributed by atoms with Gasteiger partial charge in [0.2, 0.25) is 0 Å². The van der Waals surface area contributed by atoms with Gasteiger partial charge in [-0.2, -0.15) is 0 Å². The number of anilines is 1. The van der Waals surface area contributed by atoms with E-state index in [4.69, 9.17) is 4.42 Å². The number of benzene rings is 1. The van der Waals surface area contributed by atoms with Gasteiger partial charge in [-0.3, -0.25) is 23.6 Å². The molecule has 0 saturated carbocycles. The van der Waals surface area contributed by atoms with Crippen molar-refractivity contribution in [3.8, 4) is 0 Å². The van der Waals surface area contributed by atoms with E-state index in [1.807, 2.05) is 25.1 Å². The number of rotatable bonds is 5. The predicted octanol–water partition coefficient (Wildman–Crippen LogP) is 0.828. The first-order valence-electron chi connectivity index (χ1n) is 8.74. The number of nitrogens with zero attached hydrogens (tertiary/aromatic N) is 3. The quantitative estimate of drug-likeness (QED) is 0.634. The number of fused-ring (bicyclic) bond motifs is 1. The second-order valence-corrected chi connectivity index (χ2v) is 6.76. The molecule has 0 unspecified atom stereocenters. The van der Waals surface area contributed by atoms with Gasteiger partial charge >= 0.3 is 17.5 Å². The molecule has 0 spiro atoms. The van der Waals surface area contributed by atoms with Crippen molar-refractivity contribution < 1.29 is 14.0 Å². The second-order valence-electron chi connectivity index (χ2n) is 6.76. The summed E-state index contributed by atoms with van der Waals surface area (Å²) in [5.41, 5.74) is 1.67. The van der Waals surface area contributed by atoms with Gasteiger partial charge in [-0.1, -0.05) is 0 Å². The summed E-state index contributed by atoms with van der Waals surface area (Å²) in [6.45, 7) is 0.221. The lowest BCUT2D eigenvalue weighted by molar-refractivity contribution is -0.136. The van der Waals surface area contributed by atoms with Crippen LogP contribution in [0.1, 0.15) is 11.8 Å². The number of furan rings is 1. The van der Waals surface area contributed by atoms with Crippen LogP contribution < -0.4 is 16.3 Å². The zero-order valence-electron chi connectivity index (χ0n) is 16.2. The number of carbonyl (C=O) groups is 2. The molecule has 1 aromatic carbocycles. The Hall–Kier alpha value is -3.33. The maximum Gasteiger partial charge on any atom is 0.328 e. The summed E-state index contributed by atoms with van der Waals surface area (Å²) >= 11 is 0. The summed E-state index contributed by atoms with van der Waals surface area (Å²) in [7, 11) is 7.05.